The zero-order chi connectivity index (χ0) is 24.0. The van der Waals surface area contributed by atoms with Crippen LogP contribution in [0.4, 0.5) is 18.9 Å². The number of aromatic nitrogens is 3. The van der Waals surface area contributed by atoms with Crippen molar-refractivity contribution in [3.05, 3.63) is 59.5 Å². The number of rotatable bonds is 5. The van der Waals surface area contributed by atoms with Crippen LogP contribution in [0, 0.1) is 5.92 Å². The first-order chi connectivity index (χ1) is 17.0. The molecule has 0 unspecified atom stereocenters. The highest BCUT2D eigenvalue weighted by Crippen LogP contribution is 2.44. The Hall–Kier alpha value is -2.65. The van der Waals surface area contributed by atoms with Gasteiger partial charge in [0.2, 0.25) is 0 Å². The van der Waals surface area contributed by atoms with E-state index in [0.29, 0.717) is 44.5 Å². The quantitative estimate of drug-likeness (QED) is 0.532. The first-order valence-electron chi connectivity index (χ1n) is 12.5. The second-order valence-corrected chi connectivity index (χ2v) is 10.0. The molecule has 9 heteroatoms. The van der Waals surface area contributed by atoms with Crippen molar-refractivity contribution in [2.24, 2.45) is 5.92 Å². The normalized spacial score (nSPS) is 21.5. The van der Waals surface area contributed by atoms with Gasteiger partial charge in [-0.05, 0) is 43.2 Å². The average Bonchev–Trinajstić information content (AvgIpc) is 3.62. The molecule has 0 amide bonds. The molecule has 35 heavy (non-hydrogen) atoms. The lowest BCUT2D eigenvalue weighted by molar-refractivity contribution is -0.136. The van der Waals surface area contributed by atoms with Crippen LogP contribution in [0.5, 0.6) is 0 Å². The molecule has 0 atom stereocenters. The standard InChI is InChI=1S/C26H30F3N5O/c27-26(28,29)23-21(8-11-34-22(18-19-6-7-19)30-31-24(23)34)32-12-9-25(10-13-32,20-4-2-1-3-5-20)33-14-16-35-17-15-33/h1-5,8,11,19H,6-7,9-10,12-18H2. The molecule has 2 aromatic heterocycles. The van der Waals surface area contributed by atoms with E-state index >= 15 is 0 Å². The maximum absolute atomic E-state index is 14.4. The number of morpholine rings is 1. The van der Waals surface area contributed by atoms with Gasteiger partial charge in [0.05, 0.1) is 18.9 Å². The zero-order valence-electron chi connectivity index (χ0n) is 19.7. The Bertz CT molecular complexity index is 1180. The molecule has 6 nitrogen and oxygen atoms in total. The lowest BCUT2D eigenvalue weighted by Gasteiger charge is -2.51. The first kappa shape index (κ1) is 22.8. The van der Waals surface area contributed by atoms with Gasteiger partial charge in [-0.15, -0.1) is 10.2 Å². The minimum atomic E-state index is -4.51. The van der Waals surface area contributed by atoms with Crippen LogP contribution in [-0.2, 0) is 22.9 Å². The summed E-state index contributed by atoms with van der Waals surface area (Å²) in [4.78, 5) is 4.36. The van der Waals surface area contributed by atoms with Gasteiger partial charge in [-0.1, -0.05) is 30.3 Å². The third-order valence-electron chi connectivity index (χ3n) is 7.94. The lowest BCUT2D eigenvalue weighted by atomic mass is 9.78. The molecule has 3 aliphatic rings. The number of anilines is 1. The number of nitrogens with zero attached hydrogens (tertiary/aromatic N) is 5. The highest BCUT2D eigenvalue weighted by atomic mass is 19.4. The van der Waals surface area contributed by atoms with Gasteiger partial charge in [-0.25, -0.2) is 0 Å². The van der Waals surface area contributed by atoms with Gasteiger partial charge in [0.15, 0.2) is 5.65 Å². The van der Waals surface area contributed by atoms with Crippen molar-refractivity contribution in [2.75, 3.05) is 44.3 Å². The number of hydrogen-bond acceptors (Lipinski definition) is 5. The van der Waals surface area contributed by atoms with Gasteiger partial charge in [0, 0.05) is 44.3 Å². The van der Waals surface area contributed by atoms with Crippen molar-refractivity contribution in [3.63, 3.8) is 0 Å². The van der Waals surface area contributed by atoms with Crippen molar-refractivity contribution < 1.29 is 17.9 Å². The van der Waals surface area contributed by atoms with Gasteiger partial charge in [-0.2, -0.15) is 13.2 Å². The number of alkyl halides is 3. The molecule has 0 radical (unpaired) electrons. The third-order valence-corrected chi connectivity index (χ3v) is 7.94. The summed E-state index contributed by atoms with van der Waals surface area (Å²) in [6.07, 6.45) is 1.61. The number of hydrogen-bond donors (Lipinski definition) is 0. The van der Waals surface area contributed by atoms with Gasteiger partial charge in [-0.3, -0.25) is 9.30 Å². The van der Waals surface area contributed by atoms with Crippen LogP contribution in [0.25, 0.3) is 5.65 Å². The molecule has 3 aromatic rings. The van der Waals surface area contributed by atoms with Crippen LogP contribution in [-0.4, -0.2) is 58.9 Å². The van der Waals surface area contributed by atoms with E-state index in [0.717, 1.165) is 38.8 Å². The molecule has 1 aliphatic carbocycles. The number of ether oxygens (including phenoxy) is 1. The zero-order valence-corrected chi connectivity index (χ0v) is 19.7. The number of fused-ring (bicyclic) bond motifs is 1. The fourth-order valence-corrected chi connectivity index (χ4v) is 5.89. The van der Waals surface area contributed by atoms with E-state index in [9.17, 15) is 13.2 Å². The van der Waals surface area contributed by atoms with Gasteiger partial charge in [0.1, 0.15) is 11.4 Å². The van der Waals surface area contributed by atoms with E-state index in [1.165, 1.54) is 9.96 Å². The van der Waals surface area contributed by atoms with Gasteiger partial charge < -0.3 is 9.64 Å². The van der Waals surface area contributed by atoms with Gasteiger partial charge in [0.25, 0.3) is 0 Å². The second kappa shape index (κ2) is 8.78. The minimum Gasteiger partial charge on any atom is -0.379 e. The maximum Gasteiger partial charge on any atom is 0.422 e. The summed E-state index contributed by atoms with van der Waals surface area (Å²) in [5.41, 5.74) is 0.483. The van der Waals surface area contributed by atoms with Crippen LogP contribution in [0.3, 0.4) is 0 Å². The highest BCUT2D eigenvalue weighted by molar-refractivity contribution is 5.67. The molecule has 3 fully saturated rings. The summed E-state index contributed by atoms with van der Waals surface area (Å²) in [5, 5.41) is 8.15. The van der Waals surface area contributed by atoms with Crippen LogP contribution in [0.2, 0.25) is 0 Å². The minimum absolute atomic E-state index is 0.0845. The molecule has 1 saturated carbocycles. The second-order valence-electron chi connectivity index (χ2n) is 10.0. The molecule has 0 N–H and O–H groups in total. The third kappa shape index (κ3) is 4.18. The molecule has 1 aromatic carbocycles. The highest BCUT2D eigenvalue weighted by Gasteiger charge is 2.44. The van der Waals surface area contributed by atoms with Gasteiger partial charge >= 0.3 is 6.18 Å². The van der Waals surface area contributed by atoms with Crippen LogP contribution < -0.4 is 4.90 Å². The molecule has 0 bridgehead atoms. The summed E-state index contributed by atoms with van der Waals surface area (Å²) in [7, 11) is 0. The molecule has 0 spiro atoms. The Morgan fingerprint density at radius 3 is 2.31 bits per heavy atom. The number of pyridine rings is 1. The van der Waals surface area contributed by atoms with E-state index in [1.807, 2.05) is 23.1 Å². The van der Waals surface area contributed by atoms with E-state index < -0.39 is 11.7 Å². The van der Waals surface area contributed by atoms with Crippen molar-refractivity contribution in [3.8, 4) is 0 Å². The summed E-state index contributed by atoms with van der Waals surface area (Å²) >= 11 is 0. The van der Waals surface area contributed by atoms with E-state index in [2.05, 4.69) is 27.2 Å². The summed E-state index contributed by atoms with van der Waals surface area (Å²) in [6.45, 7) is 4.10. The van der Waals surface area contributed by atoms with E-state index in [-0.39, 0.29) is 16.9 Å². The fourth-order valence-electron chi connectivity index (χ4n) is 5.89. The predicted molar refractivity (Wildman–Crippen MR) is 126 cm³/mol. The molecule has 186 valence electrons. The van der Waals surface area contributed by atoms with E-state index in [1.54, 1.807) is 12.3 Å². The molecule has 2 saturated heterocycles. The first-order valence-corrected chi connectivity index (χ1v) is 12.5. The molecule has 2 aliphatic heterocycles. The predicted octanol–water partition coefficient (Wildman–Crippen LogP) is 4.53. The fraction of sp³-hybridized carbons (Fsp3) is 0.538. The SMILES string of the molecule is FC(F)(F)c1c(N2CCC(c3ccccc3)(N3CCOCC3)CC2)ccn2c(CC3CC3)nnc12. The number of benzene rings is 1. The van der Waals surface area contributed by atoms with Crippen LogP contribution in [0.15, 0.2) is 42.6 Å². The summed E-state index contributed by atoms with van der Waals surface area (Å²) in [6, 6.07) is 12.0. The van der Waals surface area contributed by atoms with E-state index in [4.69, 9.17) is 4.74 Å². The Kier molecular flexibility index (Phi) is 5.72. The number of halogens is 3. The van der Waals surface area contributed by atoms with Crippen LogP contribution >= 0.6 is 0 Å². The Labute approximate surface area is 202 Å². The molecule has 4 heterocycles. The van der Waals surface area contributed by atoms with Crippen molar-refractivity contribution >= 4 is 11.3 Å². The van der Waals surface area contributed by atoms with Crippen LogP contribution in [0.1, 0.15) is 42.6 Å². The Morgan fingerprint density at radius 1 is 0.943 bits per heavy atom. The molecule has 6 rings (SSSR count). The largest absolute Gasteiger partial charge is 0.422 e. The Balaban J connectivity index is 1.33. The molecular formula is C26H30F3N5O. The topological polar surface area (TPSA) is 45.9 Å². The molecular weight excluding hydrogens is 455 g/mol. The lowest BCUT2D eigenvalue weighted by Crippen LogP contribution is -2.56. The Morgan fingerprint density at radius 2 is 1.66 bits per heavy atom. The van der Waals surface area contributed by atoms with Crippen molar-refractivity contribution in [2.45, 2.75) is 43.8 Å². The van der Waals surface area contributed by atoms with Crippen molar-refractivity contribution in [1.82, 2.24) is 19.5 Å². The average molecular weight is 486 g/mol. The maximum atomic E-state index is 14.4. The smallest absolute Gasteiger partial charge is 0.379 e. The summed E-state index contributed by atoms with van der Waals surface area (Å²) < 4.78 is 50.3. The summed E-state index contributed by atoms with van der Waals surface area (Å²) in [5.74, 6) is 1.14. The van der Waals surface area contributed by atoms with Crippen molar-refractivity contribution in [1.29, 1.82) is 0 Å². The number of piperidine rings is 1. The monoisotopic (exact) mass is 485 g/mol.